The first-order valence-electron chi connectivity index (χ1n) is 12.2. The van der Waals surface area contributed by atoms with Gasteiger partial charge in [-0.05, 0) is 65.6 Å². The van der Waals surface area contributed by atoms with E-state index in [-0.39, 0.29) is 36.9 Å². The van der Waals surface area contributed by atoms with Crippen LogP contribution in [0.15, 0.2) is 77.0 Å². The number of fused-ring (bicyclic) bond motifs is 1. The Bertz CT molecular complexity index is 1710. The van der Waals surface area contributed by atoms with Gasteiger partial charge in [0.2, 0.25) is 5.91 Å². The molecule has 5 rings (SSSR count). The Hall–Kier alpha value is -4.90. The lowest BCUT2D eigenvalue weighted by Crippen LogP contribution is -2.34. The van der Waals surface area contributed by atoms with Crippen molar-refractivity contribution in [1.29, 1.82) is 0 Å². The third-order valence-corrected chi connectivity index (χ3v) is 6.97. The number of benzene rings is 2. The number of amides is 3. The molecule has 0 atom stereocenters. The van der Waals surface area contributed by atoms with Gasteiger partial charge < -0.3 is 20.5 Å². The normalized spacial score (nSPS) is 13.2. The number of thiophene rings is 1. The van der Waals surface area contributed by atoms with E-state index >= 15 is 0 Å². The first kappa shape index (κ1) is 26.7. The molecule has 2 aromatic heterocycles. The SMILES string of the molecule is O=C(CCNC(=O)c1cccn(Cc2ccc(F)c(F)c2)c1=O)Nc1ccc2c(c1)/C(=C\c1cccs1)C(=O)N2. The van der Waals surface area contributed by atoms with E-state index < -0.39 is 23.1 Å². The van der Waals surface area contributed by atoms with Crippen molar-refractivity contribution in [2.24, 2.45) is 0 Å². The highest BCUT2D eigenvalue weighted by Gasteiger charge is 2.24. The molecule has 11 heteroatoms. The van der Waals surface area contributed by atoms with Crippen LogP contribution in [0.3, 0.4) is 0 Å². The number of nitrogens with zero attached hydrogens (tertiary/aromatic N) is 1. The second kappa shape index (κ2) is 11.5. The van der Waals surface area contributed by atoms with Gasteiger partial charge >= 0.3 is 0 Å². The summed E-state index contributed by atoms with van der Waals surface area (Å²) in [6.45, 7) is -0.0810. The van der Waals surface area contributed by atoms with Gasteiger partial charge in [0, 0.05) is 41.0 Å². The zero-order valence-corrected chi connectivity index (χ0v) is 21.7. The summed E-state index contributed by atoms with van der Waals surface area (Å²) >= 11 is 1.51. The average Bonchev–Trinajstić information content (AvgIpc) is 3.55. The largest absolute Gasteiger partial charge is 0.351 e. The highest BCUT2D eigenvalue weighted by molar-refractivity contribution is 7.11. The van der Waals surface area contributed by atoms with Crippen LogP contribution in [0.4, 0.5) is 20.2 Å². The zero-order chi connectivity index (χ0) is 28.2. The van der Waals surface area contributed by atoms with E-state index in [1.807, 2.05) is 17.5 Å². The third kappa shape index (κ3) is 5.89. The van der Waals surface area contributed by atoms with Gasteiger partial charge in [-0.2, -0.15) is 0 Å². The minimum atomic E-state index is -1.03. The van der Waals surface area contributed by atoms with Gasteiger partial charge in [0.05, 0.1) is 12.1 Å². The lowest BCUT2D eigenvalue weighted by Gasteiger charge is -2.10. The van der Waals surface area contributed by atoms with Crippen molar-refractivity contribution >= 4 is 52.1 Å². The fraction of sp³-hybridized carbons (Fsp3) is 0.103. The van der Waals surface area contributed by atoms with Crippen LogP contribution in [0.1, 0.15) is 32.8 Å². The molecule has 3 N–H and O–H groups in total. The molecule has 0 radical (unpaired) electrons. The van der Waals surface area contributed by atoms with Crippen LogP contribution in [0.5, 0.6) is 0 Å². The van der Waals surface area contributed by atoms with Crippen molar-refractivity contribution < 1.29 is 23.2 Å². The third-order valence-electron chi connectivity index (χ3n) is 6.16. The summed E-state index contributed by atoms with van der Waals surface area (Å²) in [5.41, 5.74) is 1.92. The number of hydrogen-bond donors (Lipinski definition) is 3. The molecule has 0 saturated heterocycles. The van der Waals surface area contributed by atoms with Gasteiger partial charge in [-0.3, -0.25) is 19.2 Å². The van der Waals surface area contributed by atoms with Gasteiger partial charge in [-0.1, -0.05) is 12.1 Å². The molecule has 4 aromatic rings. The van der Waals surface area contributed by atoms with Crippen LogP contribution in [0, 0.1) is 11.6 Å². The molecule has 2 aromatic carbocycles. The molecule has 0 saturated carbocycles. The molecule has 0 unspecified atom stereocenters. The molecule has 40 heavy (non-hydrogen) atoms. The van der Waals surface area contributed by atoms with Crippen LogP contribution in [0.25, 0.3) is 11.6 Å². The standard InChI is InChI=1S/C29H22F2N4O4S/c30-23-7-5-17(13-24(23)31)16-35-11-1-4-20(29(35)39)27(37)32-10-9-26(36)33-18-6-8-25-21(14-18)22(28(38)34-25)15-19-3-2-12-40-19/h1-8,11-15H,9-10,16H2,(H,32,37)(H,33,36)(H,34,38)/b22-15+. The molecule has 1 aliphatic heterocycles. The van der Waals surface area contributed by atoms with Gasteiger partial charge in [-0.25, -0.2) is 8.78 Å². The monoisotopic (exact) mass is 560 g/mol. The Morgan fingerprint density at radius 1 is 1.00 bits per heavy atom. The van der Waals surface area contributed by atoms with Crippen LogP contribution in [0.2, 0.25) is 0 Å². The summed E-state index contributed by atoms with van der Waals surface area (Å²) in [6, 6.07) is 15.0. The summed E-state index contributed by atoms with van der Waals surface area (Å²) in [5, 5.41) is 10.0. The van der Waals surface area contributed by atoms with Gasteiger partial charge in [0.25, 0.3) is 17.4 Å². The predicted molar refractivity (Wildman–Crippen MR) is 149 cm³/mol. The number of aromatic nitrogens is 1. The Morgan fingerprint density at radius 3 is 2.62 bits per heavy atom. The van der Waals surface area contributed by atoms with Gasteiger partial charge in [0.1, 0.15) is 5.56 Å². The van der Waals surface area contributed by atoms with E-state index in [0.29, 0.717) is 28.1 Å². The van der Waals surface area contributed by atoms with Crippen molar-refractivity contribution in [3.05, 3.63) is 116 Å². The van der Waals surface area contributed by atoms with Crippen molar-refractivity contribution in [2.75, 3.05) is 17.2 Å². The van der Waals surface area contributed by atoms with E-state index in [0.717, 1.165) is 17.0 Å². The number of nitrogens with one attached hydrogen (secondary N) is 3. The number of anilines is 2. The summed E-state index contributed by atoms with van der Waals surface area (Å²) in [6.07, 6.45) is 3.17. The molecule has 1 aliphatic rings. The number of carbonyl (C=O) groups is 3. The predicted octanol–water partition coefficient (Wildman–Crippen LogP) is 4.49. The molecular formula is C29H22F2N4O4S. The van der Waals surface area contributed by atoms with E-state index in [1.54, 1.807) is 24.3 Å². The Morgan fingerprint density at radius 2 is 1.85 bits per heavy atom. The van der Waals surface area contributed by atoms with Crippen molar-refractivity contribution in [3.8, 4) is 0 Å². The summed E-state index contributed by atoms with van der Waals surface area (Å²) in [5.74, 6) is -3.28. The van der Waals surface area contributed by atoms with Gasteiger partial charge in [-0.15, -0.1) is 11.3 Å². The van der Waals surface area contributed by atoms with E-state index in [2.05, 4.69) is 16.0 Å². The zero-order valence-electron chi connectivity index (χ0n) is 20.9. The first-order chi connectivity index (χ1) is 19.3. The number of carbonyl (C=O) groups excluding carboxylic acids is 3. The Balaban J connectivity index is 1.18. The number of hydrogen-bond acceptors (Lipinski definition) is 5. The van der Waals surface area contributed by atoms with Crippen LogP contribution in [-0.4, -0.2) is 28.8 Å². The summed E-state index contributed by atoms with van der Waals surface area (Å²) < 4.78 is 27.9. The van der Waals surface area contributed by atoms with Crippen molar-refractivity contribution in [2.45, 2.75) is 13.0 Å². The highest BCUT2D eigenvalue weighted by atomic mass is 32.1. The molecule has 3 heterocycles. The molecule has 0 bridgehead atoms. The van der Waals surface area contributed by atoms with Gasteiger partial charge in [0.15, 0.2) is 11.6 Å². The molecular weight excluding hydrogens is 538 g/mol. The molecule has 202 valence electrons. The smallest absolute Gasteiger partial charge is 0.263 e. The fourth-order valence-corrected chi connectivity index (χ4v) is 4.86. The number of pyridine rings is 1. The molecule has 8 nitrogen and oxygen atoms in total. The number of halogens is 2. The van der Waals surface area contributed by atoms with Crippen LogP contribution in [-0.2, 0) is 16.1 Å². The maximum atomic E-state index is 13.5. The first-order valence-corrected chi connectivity index (χ1v) is 13.1. The lowest BCUT2D eigenvalue weighted by molar-refractivity contribution is -0.116. The maximum Gasteiger partial charge on any atom is 0.263 e. The highest BCUT2D eigenvalue weighted by Crippen LogP contribution is 2.35. The van der Waals surface area contributed by atoms with E-state index in [1.165, 1.54) is 40.3 Å². The summed E-state index contributed by atoms with van der Waals surface area (Å²) in [7, 11) is 0. The van der Waals surface area contributed by atoms with E-state index in [4.69, 9.17) is 0 Å². The summed E-state index contributed by atoms with van der Waals surface area (Å²) in [4.78, 5) is 51.3. The second-order valence-corrected chi connectivity index (χ2v) is 9.92. The lowest BCUT2D eigenvalue weighted by atomic mass is 10.1. The molecule has 0 spiro atoms. The van der Waals surface area contributed by atoms with Crippen LogP contribution >= 0.6 is 11.3 Å². The van der Waals surface area contributed by atoms with Crippen molar-refractivity contribution in [3.63, 3.8) is 0 Å². The molecule has 0 fully saturated rings. The Labute approximate surface area is 231 Å². The minimum absolute atomic E-state index is 0.0311. The fourth-order valence-electron chi connectivity index (χ4n) is 4.20. The minimum Gasteiger partial charge on any atom is -0.351 e. The number of rotatable bonds is 8. The van der Waals surface area contributed by atoms with E-state index in [9.17, 15) is 28.0 Å². The van der Waals surface area contributed by atoms with Crippen LogP contribution < -0.4 is 21.5 Å². The molecule has 0 aliphatic carbocycles. The quantitative estimate of drug-likeness (QED) is 0.276. The average molecular weight is 561 g/mol. The Kier molecular flexibility index (Phi) is 7.65. The topological polar surface area (TPSA) is 109 Å². The molecule has 3 amide bonds. The second-order valence-electron chi connectivity index (χ2n) is 8.95. The van der Waals surface area contributed by atoms with Crippen molar-refractivity contribution in [1.82, 2.24) is 9.88 Å². The maximum absolute atomic E-state index is 13.5.